The zero-order valence-electron chi connectivity index (χ0n) is 10.4. The summed E-state index contributed by atoms with van der Waals surface area (Å²) in [7, 11) is 0. The van der Waals surface area contributed by atoms with Gasteiger partial charge in [-0.1, -0.05) is 11.2 Å². The molecule has 0 fully saturated rings. The van der Waals surface area contributed by atoms with Crippen molar-refractivity contribution in [3.8, 4) is 0 Å². The number of rotatable bonds is 3. The van der Waals surface area contributed by atoms with Gasteiger partial charge in [0.1, 0.15) is 11.5 Å². The van der Waals surface area contributed by atoms with E-state index in [9.17, 15) is 4.79 Å². The number of nitrogens with zero attached hydrogens (tertiary/aromatic N) is 1. The first kappa shape index (κ1) is 12.2. The SMILES string of the molecule is Cc1cc(CNC(=O)c2cc(N)ccc2C)no1. The summed E-state index contributed by atoms with van der Waals surface area (Å²) in [5.41, 5.74) is 8.40. The molecule has 0 aliphatic heterocycles. The van der Waals surface area contributed by atoms with Crippen molar-refractivity contribution in [2.75, 3.05) is 5.73 Å². The minimum absolute atomic E-state index is 0.166. The van der Waals surface area contributed by atoms with Crippen molar-refractivity contribution in [3.05, 3.63) is 46.8 Å². The number of amides is 1. The number of aromatic nitrogens is 1. The molecular formula is C13H15N3O2. The van der Waals surface area contributed by atoms with Crippen LogP contribution < -0.4 is 11.1 Å². The molecule has 0 unspecified atom stereocenters. The van der Waals surface area contributed by atoms with Gasteiger partial charge in [0.05, 0.1) is 6.54 Å². The van der Waals surface area contributed by atoms with E-state index < -0.39 is 0 Å². The van der Waals surface area contributed by atoms with Gasteiger partial charge in [-0.3, -0.25) is 4.79 Å². The van der Waals surface area contributed by atoms with Crippen LogP contribution in [0.1, 0.15) is 27.4 Å². The lowest BCUT2D eigenvalue weighted by Crippen LogP contribution is -2.23. The van der Waals surface area contributed by atoms with Crippen molar-refractivity contribution in [2.45, 2.75) is 20.4 Å². The molecule has 0 saturated carbocycles. The van der Waals surface area contributed by atoms with Crippen LogP contribution in [0.4, 0.5) is 5.69 Å². The molecule has 1 aromatic heterocycles. The molecule has 1 heterocycles. The molecule has 0 aliphatic rings. The normalized spacial score (nSPS) is 10.3. The first-order chi connectivity index (χ1) is 8.56. The number of hydrogen-bond acceptors (Lipinski definition) is 4. The molecule has 0 spiro atoms. The number of anilines is 1. The summed E-state index contributed by atoms with van der Waals surface area (Å²) in [5, 5.41) is 6.59. The molecule has 5 heteroatoms. The highest BCUT2D eigenvalue weighted by atomic mass is 16.5. The fraction of sp³-hybridized carbons (Fsp3) is 0.231. The van der Waals surface area contributed by atoms with E-state index in [1.165, 1.54) is 0 Å². The Morgan fingerprint density at radius 1 is 1.39 bits per heavy atom. The summed E-state index contributed by atoms with van der Waals surface area (Å²) >= 11 is 0. The number of carbonyl (C=O) groups is 1. The van der Waals surface area contributed by atoms with Gasteiger partial charge in [-0.25, -0.2) is 0 Å². The largest absolute Gasteiger partial charge is 0.399 e. The molecule has 0 radical (unpaired) electrons. The lowest BCUT2D eigenvalue weighted by molar-refractivity contribution is 0.0949. The Hall–Kier alpha value is -2.30. The maximum atomic E-state index is 12.0. The fourth-order valence-corrected chi connectivity index (χ4v) is 1.65. The van der Waals surface area contributed by atoms with Crippen LogP contribution in [0.5, 0.6) is 0 Å². The number of nitrogens with one attached hydrogen (secondary N) is 1. The number of hydrogen-bond donors (Lipinski definition) is 2. The van der Waals surface area contributed by atoms with Crippen molar-refractivity contribution in [3.63, 3.8) is 0 Å². The molecular weight excluding hydrogens is 230 g/mol. The Bertz CT molecular complexity index is 575. The number of benzene rings is 1. The first-order valence-electron chi connectivity index (χ1n) is 5.63. The van der Waals surface area contributed by atoms with Gasteiger partial charge in [0.2, 0.25) is 0 Å². The Balaban J connectivity index is 2.05. The van der Waals surface area contributed by atoms with Crippen LogP contribution in [-0.4, -0.2) is 11.1 Å². The van der Waals surface area contributed by atoms with Crippen molar-refractivity contribution in [2.24, 2.45) is 0 Å². The topological polar surface area (TPSA) is 81.2 Å². The maximum Gasteiger partial charge on any atom is 0.251 e. The molecule has 18 heavy (non-hydrogen) atoms. The second-order valence-electron chi connectivity index (χ2n) is 4.19. The molecule has 0 saturated heterocycles. The third-order valence-corrected chi connectivity index (χ3v) is 2.61. The van der Waals surface area contributed by atoms with E-state index in [1.54, 1.807) is 25.1 Å². The highest BCUT2D eigenvalue weighted by Gasteiger charge is 2.10. The zero-order valence-corrected chi connectivity index (χ0v) is 10.4. The van der Waals surface area contributed by atoms with E-state index in [0.29, 0.717) is 23.5 Å². The number of aryl methyl sites for hydroxylation is 2. The quantitative estimate of drug-likeness (QED) is 0.808. The van der Waals surface area contributed by atoms with Crippen molar-refractivity contribution >= 4 is 11.6 Å². The molecule has 2 rings (SSSR count). The first-order valence-corrected chi connectivity index (χ1v) is 5.63. The van der Waals surface area contributed by atoms with Crippen LogP contribution >= 0.6 is 0 Å². The second kappa shape index (κ2) is 4.91. The van der Waals surface area contributed by atoms with Crippen molar-refractivity contribution < 1.29 is 9.32 Å². The summed E-state index contributed by atoms with van der Waals surface area (Å²) in [6, 6.07) is 7.04. The Morgan fingerprint density at radius 3 is 2.83 bits per heavy atom. The van der Waals surface area contributed by atoms with Crippen LogP contribution in [0.25, 0.3) is 0 Å². The predicted molar refractivity (Wildman–Crippen MR) is 68.0 cm³/mol. The molecule has 3 N–H and O–H groups in total. The monoisotopic (exact) mass is 245 g/mol. The van der Waals surface area contributed by atoms with Crippen LogP contribution in [0.2, 0.25) is 0 Å². The van der Waals surface area contributed by atoms with E-state index >= 15 is 0 Å². The van der Waals surface area contributed by atoms with Gasteiger partial charge in [0, 0.05) is 17.3 Å². The number of nitrogen functional groups attached to an aromatic ring is 1. The fourth-order valence-electron chi connectivity index (χ4n) is 1.65. The highest BCUT2D eigenvalue weighted by molar-refractivity contribution is 5.96. The summed E-state index contributed by atoms with van der Waals surface area (Å²) in [6.07, 6.45) is 0. The van der Waals surface area contributed by atoms with Gasteiger partial charge >= 0.3 is 0 Å². The minimum Gasteiger partial charge on any atom is -0.399 e. The minimum atomic E-state index is -0.166. The third kappa shape index (κ3) is 2.68. The Kier molecular flexibility index (Phi) is 3.32. The molecule has 94 valence electrons. The van der Waals surface area contributed by atoms with Crippen LogP contribution in [0.3, 0.4) is 0 Å². The van der Waals surface area contributed by atoms with E-state index in [4.69, 9.17) is 10.3 Å². The van der Waals surface area contributed by atoms with E-state index in [1.807, 2.05) is 13.0 Å². The van der Waals surface area contributed by atoms with Crippen molar-refractivity contribution in [1.82, 2.24) is 10.5 Å². The van der Waals surface area contributed by atoms with Gasteiger partial charge in [-0.05, 0) is 31.5 Å². The molecule has 0 aliphatic carbocycles. The van der Waals surface area contributed by atoms with Gasteiger partial charge < -0.3 is 15.6 Å². The Morgan fingerprint density at radius 2 is 2.17 bits per heavy atom. The van der Waals surface area contributed by atoms with Crippen molar-refractivity contribution in [1.29, 1.82) is 0 Å². The summed E-state index contributed by atoms with van der Waals surface area (Å²) < 4.78 is 4.92. The number of carbonyl (C=O) groups excluding carboxylic acids is 1. The van der Waals surface area contributed by atoms with E-state index in [-0.39, 0.29) is 5.91 Å². The molecule has 1 aromatic carbocycles. The summed E-state index contributed by atoms with van der Waals surface area (Å²) in [6.45, 7) is 4.01. The average Bonchev–Trinajstić information content (AvgIpc) is 2.75. The predicted octanol–water partition coefficient (Wildman–Crippen LogP) is 1.80. The lowest BCUT2D eigenvalue weighted by Gasteiger charge is -2.07. The molecule has 5 nitrogen and oxygen atoms in total. The summed E-state index contributed by atoms with van der Waals surface area (Å²) in [4.78, 5) is 12.0. The molecule has 0 bridgehead atoms. The van der Waals surface area contributed by atoms with E-state index in [2.05, 4.69) is 10.5 Å². The van der Waals surface area contributed by atoms with Gasteiger partial charge in [0.15, 0.2) is 0 Å². The van der Waals surface area contributed by atoms with Gasteiger partial charge in [-0.15, -0.1) is 0 Å². The van der Waals surface area contributed by atoms with Crippen LogP contribution in [0, 0.1) is 13.8 Å². The highest BCUT2D eigenvalue weighted by Crippen LogP contribution is 2.12. The molecule has 1 amide bonds. The van der Waals surface area contributed by atoms with Crippen LogP contribution in [0.15, 0.2) is 28.8 Å². The summed E-state index contributed by atoms with van der Waals surface area (Å²) in [5.74, 6) is 0.555. The standard InChI is InChI=1S/C13H15N3O2/c1-8-3-4-10(14)6-12(8)13(17)15-7-11-5-9(2)18-16-11/h3-6H,7,14H2,1-2H3,(H,15,17). The maximum absolute atomic E-state index is 12.0. The average molecular weight is 245 g/mol. The molecule has 2 aromatic rings. The van der Waals surface area contributed by atoms with Gasteiger partial charge in [0.25, 0.3) is 5.91 Å². The zero-order chi connectivity index (χ0) is 13.1. The van der Waals surface area contributed by atoms with E-state index in [0.717, 1.165) is 11.3 Å². The van der Waals surface area contributed by atoms with Gasteiger partial charge in [-0.2, -0.15) is 0 Å². The third-order valence-electron chi connectivity index (χ3n) is 2.61. The molecule has 0 atom stereocenters. The van der Waals surface area contributed by atoms with Crippen LogP contribution in [-0.2, 0) is 6.54 Å². The second-order valence-corrected chi connectivity index (χ2v) is 4.19. The lowest BCUT2D eigenvalue weighted by atomic mass is 10.1. The Labute approximate surface area is 105 Å². The number of nitrogens with two attached hydrogens (primary N) is 1. The smallest absolute Gasteiger partial charge is 0.251 e.